The molecule has 0 saturated heterocycles. The number of hydrogen-bond donors (Lipinski definition) is 0. The summed E-state index contributed by atoms with van der Waals surface area (Å²) in [7, 11) is -1.81. The molecular weight excluding hydrogens is 389 g/mol. The van der Waals surface area contributed by atoms with Gasteiger partial charge in [0.05, 0.1) is 8.80 Å². The molecule has 0 saturated carbocycles. The van der Waals surface area contributed by atoms with E-state index in [2.05, 4.69) is 133 Å². The summed E-state index contributed by atoms with van der Waals surface area (Å²) < 4.78 is 0. The fraction of sp³-hybridized carbons (Fsp3) is 0.478. The first-order chi connectivity index (χ1) is 12.3. The first-order valence-corrected chi connectivity index (χ1v) is 23.7. The SMILES string of the molecule is C[SiH](C)C.C[SiH](C)C.C[SiH](c1ccccc1)c1ccccc1.C[Si](C)(C)C. The van der Waals surface area contributed by atoms with Gasteiger partial charge in [0.2, 0.25) is 0 Å². The normalized spacial score (nSPS) is 10.3. The Morgan fingerprint density at radius 3 is 0.852 bits per heavy atom. The monoisotopic (exact) mass is 434 g/mol. The van der Waals surface area contributed by atoms with Crippen molar-refractivity contribution in [1.82, 2.24) is 0 Å². The van der Waals surface area contributed by atoms with Crippen molar-refractivity contribution in [2.45, 2.75) is 72.0 Å². The van der Waals surface area contributed by atoms with Crippen LogP contribution in [0, 0.1) is 0 Å². The molecule has 2 aromatic carbocycles. The molecule has 0 aliphatic rings. The highest BCUT2D eigenvalue weighted by Crippen LogP contribution is 1.94. The van der Waals surface area contributed by atoms with Crippen LogP contribution in [-0.2, 0) is 0 Å². The molecule has 0 unspecified atom stereocenters. The molecule has 0 fully saturated rings. The molecule has 27 heavy (non-hydrogen) atoms. The van der Waals surface area contributed by atoms with Crippen LogP contribution in [0.4, 0.5) is 0 Å². The zero-order valence-electron chi connectivity index (χ0n) is 20.0. The largest absolute Gasteiger partial charge is 0.0997 e. The van der Waals surface area contributed by atoms with Crippen LogP contribution in [0.2, 0.25) is 72.0 Å². The summed E-state index contributed by atoms with van der Waals surface area (Å²) in [5.74, 6) is 0. The van der Waals surface area contributed by atoms with Gasteiger partial charge in [0.15, 0.2) is 0 Å². The Morgan fingerprint density at radius 1 is 0.481 bits per heavy atom. The van der Waals surface area contributed by atoms with Crippen LogP contribution in [-0.4, -0.2) is 34.5 Å². The first-order valence-electron chi connectivity index (χ1n) is 10.4. The summed E-state index contributed by atoms with van der Waals surface area (Å²) >= 11 is 0. The molecule has 2 aromatic rings. The average molecular weight is 435 g/mol. The molecule has 0 amide bonds. The molecule has 0 bridgehead atoms. The fourth-order valence-corrected chi connectivity index (χ4v) is 3.66. The lowest BCUT2D eigenvalue weighted by Crippen LogP contribution is -2.38. The van der Waals surface area contributed by atoms with E-state index in [1.54, 1.807) is 0 Å². The second-order valence-electron chi connectivity index (χ2n) is 10.0. The van der Waals surface area contributed by atoms with Gasteiger partial charge in [0.25, 0.3) is 0 Å². The van der Waals surface area contributed by atoms with Crippen molar-refractivity contribution >= 4 is 44.8 Å². The second kappa shape index (κ2) is 16.3. The molecule has 4 heteroatoms. The van der Waals surface area contributed by atoms with Gasteiger partial charge in [-0.2, -0.15) is 0 Å². The van der Waals surface area contributed by atoms with Crippen molar-refractivity contribution in [3.63, 3.8) is 0 Å². The number of hydrogen-bond acceptors (Lipinski definition) is 0. The Labute approximate surface area is 177 Å². The summed E-state index contributed by atoms with van der Waals surface area (Å²) in [5, 5.41) is 3.03. The zero-order valence-corrected chi connectivity index (χ0v) is 24.5. The molecular formula is C23H46Si4. The average Bonchev–Trinajstić information content (AvgIpc) is 2.53. The maximum Gasteiger partial charge on any atom is 0.0997 e. The third-order valence-corrected chi connectivity index (χ3v) is 5.37. The van der Waals surface area contributed by atoms with Gasteiger partial charge in [0, 0.05) is 25.7 Å². The minimum Gasteiger partial charge on any atom is -0.0724 e. The Bertz CT molecular complexity index is 489. The molecule has 0 heterocycles. The predicted molar refractivity (Wildman–Crippen MR) is 144 cm³/mol. The highest BCUT2D eigenvalue weighted by Gasteiger charge is 2.07. The van der Waals surface area contributed by atoms with E-state index in [9.17, 15) is 0 Å². The van der Waals surface area contributed by atoms with E-state index < -0.39 is 16.9 Å². The Hall–Kier alpha value is -0.692. The van der Waals surface area contributed by atoms with Crippen LogP contribution in [0.25, 0.3) is 0 Å². The van der Waals surface area contributed by atoms with Crippen molar-refractivity contribution in [3.8, 4) is 0 Å². The van der Waals surface area contributed by atoms with Crippen LogP contribution in [0.5, 0.6) is 0 Å². The van der Waals surface area contributed by atoms with Crippen LogP contribution in [0.15, 0.2) is 60.7 Å². The molecule has 0 atom stereocenters. The number of benzene rings is 2. The Kier molecular flexibility index (Phi) is 17.2. The third-order valence-electron chi connectivity index (χ3n) is 2.60. The molecule has 0 spiro atoms. The minimum atomic E-state index is -0.919. The smallest absolute Gasteiger partial charge is 0.0724 e. The van der Waals surface area contributed by atoms with Gasteiger partial charge >= 0.3 is 0 Å². The van der Waals surface area contributed by atoms with Gasteiger partial charge < -0.3 is 0 Å². The molecule has 154 valence electrons. The summed E-state index contributed by atoms with van der Waals surface area (Å²) in [6.07, 6.45) is 0. The first kappa shape index (κ1) is 28.5. The van der Waals surface area contributed by atoms with Crippen molar-refractivity contribution in [3.05, 3.63) is 60.7 Å². The quantitative estimate of drug-likeness (QED) is 0.522. The zero-order chi connectivity index (χ0) is 21.5. The summed E-state index contributed by atoms with van der Waals surface area (Å²) in [5.41, 5.74) is 0. The summed E-state index contributed by atoms with van der Waals surface area (Å²) in [6, 6.07) is 21.6. The van der Waals surface area contributed by atoms with Gasteiger partial charge in [0.1, 0.15) is 0 Å². The third kappa shape index (κ3) is 25.3. The molecule has 0 aliphatic carbocycles. The highest BCUT2D eigenvalue weighted by molar-refractivity contribution is 6.84. The standard InChI is InChI=1S/C13H14Si.C4H12Si.2C3H10Si/c1-14(12-8-4-2-5-9-12)13-10-6-3-7-11-13;1-5(2,3)4;2*1-4(2)3/h2-11,14H,1H3;1-4H3;2*4H,1-3H3. The molecule has 0 radical (unpaired) electrons. The van der Waals surface area contributed by atoms with Gasteiger partial charge in [-0.15, -0.1) is 0 Å². The van der Waals surface area contributed by atoms with Crippen molar-refractivity contribution in [1.29, 1.82) is 0 Å². The van der Waals surface area contributed by atoms with Gasteiger partial charge in [-0.05, 0) is 0 Å². The lowest BCUT2D eigenvalue weighted by Gasteiger charge is -2.09. The van der Waals surface area contributed by atoms with Gasteiger partial charge in [-0.1, -0.05) is 143 Å². The van der Waals surface area contributed by atoms with E-state index >= 15 is 0 Å². The van der Waals surface area contributed by atoms with Gasteiger partial charge in [-0.3, -0.25) is 0 Å². The molecule has 0 aliphatic heterocycles. The lowest BCUT2D eigenvalue weighted by molar-refractivity contribution is 1.71. The van der Waals surface area contributed by atoms with E-state index in [1.807, 2.05) is 0 Å². The molecule has 0 aromatic heterocycles. The van der Waals surface area contributed by atoms with Crippen LogP contribution >= 0.6 is 0 Å². The molecule has 0 nitrogen and oxygen atoms in total. The minimum absolute atomic E-state index is 0.139. The van der Waals surface area contributed by atoms with Crippen molar-refractivity contribution in [2.75, 3.05) is 0 Å². The van der Waals surface area contributed by atoms with E-state index in [4.69, 9.17) is 0 Å². The molecule has 0 N–H and O–H groups in total. The Balaban J connectivity index is 0. The Morgan fingerprint density at radius 2 is 0.667 bits per heavy atom. The predicted octanol–water partition coefficient (Wildman–Crippen LogP) is 5.82. The maximum atomic E-state index is 2.38. The van der Waals surface area contributed by atoms with E-state index in [1.165, 1.54) is 10.4 Å². The van der Waals surface area contributed by atoms with Crippen molar-refractivity contribution < 1.29 is 0 Å². The van der Waals surface area contributed by atoms with Crippen LogP contribution < -0.4 is 10.4 Å². The number of rotatable bonds is 2. The fourth-order valence-electron chi connectivity index (χ4n) is 1.68. The van der Waals surface area contributed by atoms with E-state index in [-0.39, 0.29) is 17.6 Å². The molecule has 2 rings (SSSR count). The van der Waals surface area contributed by atoms with Crippen LogP contribution in [0.3, 0.4) is 0 Å². The van der Waals surface area contributed by atoms with E-state index in [0.29, 0.717) is 0 Å². The van der Waals surface area contributed by atoms with Gasteiger partial charge in [-0.25, -0.2) is 0 Å². The lowest BCUT2D eigenvalue weighted by atomic mass is 10.4. The second-order valence-corrected chi connectivity index (χ2v) is 25.7. The topological polar surface area (TPSA) is 0 Å². The summed E-state index contributed by atoms with van der Waals surface area (Å²) in [4.78, 5) is 0. The van der Waals surface area contributed by atoms with Crippen molar-refractivity contribution in [2.24, 2.45) is 0 Å². The maximum absolute atomic E-state index is 2.38. The van der Waals surface area contributed by atoms with Crippen LogP contribution in [0.1, 0.15) is 0 Å². The summed E-state index contributed by atoms with van der Waals surface area (Å²) in [6.45, 7) is 25.5. The van der Waals surface area contributed by atoms with E-state index in [0.717, 1.165) is 0 Å². The highest BCUT2D eigenvalue weighted by atomic mass is 28.3.